The number of nitrogens with one attached hydrogen (secondary N) is 1. The molecule has 0 aliphatic heterocycles. The van der Waals surface area contributed by atoms with Gasteiger partial charge in [-0.15, -0.1) is 0 Å². The highest BCUT2D eigenvalue weighted by Gasteiger charge is 2.29. The Morgan fingerprint density at radius 3 is 2.26 bits per heavy atom. The van der Waals surface area contributed by atoms with Crippen LogP contribution in [-0.2, 0) is 21.4 Å². The van der Waals surface area contributed by atoms with Gasteiger partial charge in [-0.2, -0.15) is 0 Å². The smallest absolute Gasteiger partial charge is 0.264 e. The van der Waals surface area contributed by atoms with Crippen molar-refractivity contribution in [3.05, 3.63) is 82.1 Å². The van der Waals surface area contributed by atoms with Crippen molar-refractivity contribution in [3.8, 4) is 11.5 Å². The lowest BCUT2D eigenvalue weighted by Gasteiger charge is -2.25. The van der Waals surface area contributed by atoms with Crippen LogP contribution < -0.4 is 19.1 Å². The zero-order valence-electron chi connectivity index (χ0n) is 18.2. The van der Waals surface area contributed by atoms with E-state index in [0.29, 0.717) is 10.8 Å². The summed E-state index contributed by atoms with van der Waals surface area (Å²) < 4.78 is 52.0. The molecule has 34 heavy (non-hydrogen) atoms. The lowest BCUT2D eigenvalue weighted by atomic mass is 10.2. The number of amides is 1. The first-order valence-electron chi connectivity index (χ1n) is 9.86. The Morgan fingerprint density at radius 1 is 0.971 bits per heavy atom. The third-order valence-corrected chi connectivity index (χ3v) is 7.14. The van der Waals surface area contributed by atoms with Gasteiger partial charge < -0.3 is 14.8 Å². The number of ether oxygens (including phenoxy) is 2. The van der Waals surface area contributed by atoms with E-state index in [1.54, 1.807) is 24.3 Å². The first-order chi connectivity index (χ1) is 16.1. The molecule has 0 aromatic heterocycles. The fraction of sp³-hybridized carbons (Fsp3) is 0.174. The monoisotopic (exact) mass is 526 g/mol. The molecule has 0 unspecified atom stereocenters. The molecular weight excluding hydrogens is 506 g/mol. The number of halogens is 3. The van der Waals surface area contributed by atoms with E-state index in [9.17, 15) is 17.6 Å². The highest BCUT2D eigenvalue weighted by Crippen LogP contribution is 2.33. The summed E-state index contributed by atoms with van der Waals surface area (Å²) in [6.07, 6.45) is 0. The van der Waals surface area contributed by atoms with Crippen LogP contribution >= 0.6 is 23.2 Å². The van der Waals surface area contributed by atoms with Crippen LogP contribution in [0.3, 0.4) is 0 Å². The molecular formula is C23H21Cl2FN2O5S. The lowest BCUT2D eigenvalue weighted by molar-refractivity contribution is -0.119. The lowest BCUT2D eigenvalue weighted by Crippen LogP contribution is -2.40. The van der Waals surface area contributed by atoms with Crippen LogP contribution in [0.2, 0.25) is 10.0 Å². The van der Waals surface area contributed by atoms with Crippen molar-refractivity contribution >= 4 is 44.8 Å². The quantitative estimate of drug-likeness (QED) is 0.438. The molecule has 0 heterocycles. The number of benzene rings is 3. The molecule has 0 bridgehead atoms. The molecule has 7 nitrogen and oxygen atoms in total. The van der Waals surface area contributed by atoms with Gasteiger partial charge in [-0.25, -0.2) is 12.8 Å². The summed E-state index contributed by atoms with van der Waals surface area (Å²) in [4.78, 5) is 12.6. The predicted octanol–water partition coefficient (Wildman–Crippen LogP) is 4.66. The van der Waals surface area contributed by atoms with E-state index in [1.165, 1.54) is 38.5 Å². The Hall–Kier alpha value is -3.01. The van der Waals surface area contributed by atoms with Gasteiger partial charge in [-0.3, -0.25) is 9.10 Å². The summed E-state index contributed by atoms with van der Waals surface area (Å²) in [7, 11) is -1.50. The SMILES string of the molecule is COc1ccc(S(=O)(=O)N(CC(=O)NCc2ccc(Cl)cc2)c2ccc(F)c(Cl)c2)cc1OC. The van der Waals surface area contributed by atoms with Gasteiger partial charge in [-0.05, 0) is 48.0 Å². The van der Waals surface area contributed by atoms with Gasteiger partial charge in [0.15, 0.2) is 11.5 Å². The van der Waals surface area contributed by atoms with Gasteiger partial charge in [0.1, 0.15) is 12.4 Å². The summed E-state index contributed by atoms with van der Waals surface area (Å²) in [5.41, 5.74) is 0.791. The Balaban J connectivity index is 1.93. The average Bonchev–Trinajstić information content (AvgIpc) is 2.83. The van der Waals surface area contributed by atoms with Crippen molar-refractivity contribution in [2.24, 2.45) is 0 Å². The van der Waals surface area contributed by atoms with Crippen molar-refractivity contribution in [1.82, 2.24) is 5.32 Å². The molecule has 0 radical (unpaired) electrons. The zero-order valence-corrected chi connectivity index (χ0v) is 20.5. The molecule has 0 spiro atoms. The van der Waals surface area contributed by atoms with Gasteiger partial charge in [0.2, 0.25) is 5.91 Å². The molecule has 0 fully saturated rings. The molecule has 1 amide bonds. The van der Waals surface area contributed by atoms with Crippen LogP contribution in [-0.4, -0.2) is 35.1 Å². The number of carbonyl (C=O) groups is 1. The second-order valence-corrected chi connectivity index (χ2v) is 9.74. The molecule has 180 valence electrons. The number of sulfonamides is 1. The summed E-state index contributed by atoms with van der Waals surface area (Å²) in [6.45, 7) is -0.420. The van der Waals surface area contributed by atoms with E-state index in [2.05, 4.69) is 5.32 Å². The van der Waals surface area contributed by atoms with Crippen LogP contribution in [0, 0.1) is 5.82 Å². The maximum atomic E-state index is 13.7. The Bertz CT molecular complexity index is 1290. The first-order valence-corrected chi connectivity index (χ1v) is 12.1. The van der Waals surface area contributed by atoms with E-state index < -0.39 is 28.3 Å². The number of carbonyl (C=O) groups excluding carboxylic acids is 1. The highest BCUT2D eigenvalue weighted by molar-refractivity contribution is 7.92. The second kappa shape index (κ2) is 10.9. The van der Waals surface area contributed by atoms with Gasteiger partial charge in [-0.1, -0.05) is 35.3 Å². The van der Waals surface area contributed by atoms with Crippen molar-refractivity contribution in [2.75, 3.05) is 25.1 Å². The summed E-state index contributed by atoms with van der Waals surface area (Å²) in [5, 5.41) is 2.93. The van der Waals surface area contributed by atoms with E-state index >= 15 is 0 Å². The zero-order chi connectivity index (χ0) is 24.9. The van der Waals surface area contributed by atoms with Gasteiger partial charge in [0.05, 0.1) is 29.8 Å². The minimum absolute atomic E-state index is 0.0165. The third kappa shape index (κ3) is 5.91. The van der Waals surface area contributed by atoms with Gasteiger partial charge >= 0.3 is 0 Å². The molecule has 0 aliphatic rings. The van der Waals surface area contributed by atoms with Gasteiger partial charge in [0.25, 0.3) is 10.0 Å². The molecule has 1 N–H and O–H groups in total. The Labute approximate surface area is 207 Å². The average molecular weight is 527 g/mol. The summed E-state index contributed by atoms with van der Waals surface area (Å²) in [6, 6.07) is 14.3. The number of hydrogen-bond acceptors (Lipinski definition) is 5. The van der Waals surface area contributed by atoms with Crippen LogP contribution in [0.15, 0.2) is 65.6 Å². The van der Waals surface area contributed by atoms with Crippen LogP contribution in [0.25, 0.3) is 0 Å². The van der Waals surface area contributed by atoms with Crippen molar-refractivity contribution in [1.29, 1.82) is 0 Å². The van der Waals surface area contributed by atoms with E-state index in [0.717, 1.165) is 22.0 Å². The topological polar surface area (TPSA) is 84.9 Å². The fourth-order valence-electron chi connectivity index (χ4n) is 3.05. The molecule has 11 heteroatoms. The predicted molar refractivity (Wildman–Crippen MR) is 129 cm³/mol. The molecule has 0 atom stereocenters. The van der Waals surface area contributed by atoms with Crippen LogP contribution in [0.1, 0.15) is 5.56 Å². The standard InChI is InChI=1S/C23H21Cl2FN2O5S/c1-32-21-10-8-18(12-22(21)33-2)34(30,31)28(17-7-9-20(26)19(25)11-17)14-23(29)27-13-15-3-5-16(24)6-4-15/h3-12H,13-14H2,1-2H3,(H,27,29). The summed E-state index contributed by atoms with van der Waals surface area (Å²) >= 11 is 11.8. The first kappa shape index (κ1) is 25.6. The number of methoxy groups -OCH3 is 2. The van der Waals surface area contributed by atoms with Crippen molar-refractivity contribution in [3.63, 3.8) is 0 Å². The normalized spacial score (nSPS) is 11.1. The third-order valence-electron chi connectivity index (χ3n) is 4.82. The number of hydrogen-bond donors (Lipinski definition) is 1. The van der Waals surface area contributed by atoms with Crippen LogP contribution in [0.5, 0.6) is 11.5 Å². The van der Waals surface area contributed by atoms with Crippen LogP contribution in [0.4, 0.5) is 10.1 Å². The molecule has 3 aromatic rings. The van der Waals surface area contributed by atoms with Crippen molar-refractivity contribution in [2.45, 2.75) is 11.4 Å². The Kier molecular flexibility index (Phi) is 8.24. The molecule has 0 saturated carbocycles. The van der Waals surface area contributed by atoms with Crippen molar-refractivity contribution < 1.29 is 27.1 Å². The minimum atomic E-state index is -4.29. The number of anilines is 1. The maximum absolute atomic E-state index is 13.7. The molecule has 0 aliphatic carbocycles. The van der Waals surface area contributed by atoms with Gasteiger partial charge in [0, 0.05) is 17.6 Å². The molecule has 3 aromatic carbocycles. The largest absolute Gasteiger partial charge is 0.493 e. The van der Waals surface area contributed by atoms with E-state index in [-0.39, 0.29) is 27.9 Å². The molecule has 0 saturated heterocycles. The Morgan fingerprint density at radius 2 is 1.65 bits per heavy atom. The number of rotatable bonds is 9. The second-order valence-electron chi connectivity index (χ2n) is 7.03. The summed E-state index contributed by atoms with van der Waals surface area (Å²) in [5.74, 6) is -0.785. The maximum Gasteiger partial charge on any atom is 0.264 e. The molecule has 3 rings (SSSR count). The minimum Gasteiger partial charge on any atom is -0.493 e. The van der Waals surface area contributed by atoms with E-state index in [4.69, 9.17) is 32.7 Å². The highest BCUT2D eigenvalue weighted by atomic mass is 35.5. The van der Waals surface area contributed by atoms with E-state index in [1.807, 2.05) is 0 Å². The number of nitrogens with zero attached hydrogens (tertiary/aromatic N) is 1. The fourth-order valence-corrected chi connectivity index (χ4v) is 4.78.